The predicted octanol–water partition coefficient (Wildman–Crippen LogP) is 1.84. The van der Waals surface area contributed by atoms with Gasteiger partial charge in [-0.15, -0.1) is 0 Å². The van der Waals surface area contributed by atoms with Gasteiger partial charge in [0.2, 0.25) is 0 Å². The maximum atomic E-state index is 11.9. The molecule has 98 valence electrons. The third-order valence-electron chi connectivity index (χ3n) is 3.90. The van der Waals surface area contributed by atoms with E-state index in [2.05, 4.69) is 6.66 Å². The molecule has 0 spiro atoms. The molecule has 0 aromatic rings. The lowest BCUT2D eigenvalue weighted by molar-refractivity contribution is -0.139. The van der Waals surface area contributed by atoms with Crippen LogP contribution in [0, 0.1) is 0 Å². The van der Waals surface area contributed by atoms with Crippen molar-refractivity contribution in [2.75, 3.05) is 20.9 Å². The van der Waals surface area contributed by atoms with Gasteiger partial charge in [-0.1, -0.05) is 19.1 Å². The van der Waals surface area contributed by atoms with E-state index in [1.165, 1.54) is 25.4 Å². The van der Waals surface area contributed by atoms with Crippen LogP contribution in [-0.4, -0.2) is 44.1 Å². The molecule has 2 heterocycles. The lowest BCUT2D eigenvalue weighted by Gasteiger charge is -2.18. The van der Waals surface area contributed by atoms with Gasteiger partial charge < -0.3 is 9.47 Å². The molecule has 0 aliphatic carbocycles. The second-order valence-corrected chi connectivity index (χ2v) is 7.01. The first kappa shape index (κ1) is 13.3. The van der Waals surface area contributed by atoms with E-state index in [9.17, 15) is 9.59 Å². The summed E-state index contributed by atoms with van der Waals surface area (Å²) in [6.07, 6.45) is 0. The molecular formula is C13H17O4P. The Bertz CT molecular complexity index is 447. The molecule has 2 aliphatic heterocycles. The zero-order chi connectivity index (χ0) is 13.6. The Kier molecular flexibility index (Phi) is 3.33. The predicted molar refractivity (Wildman–Crippen MR) is 69.9 cm³/mol. The first-order valence-electron chi connectivity index (χ1n) is 5.75. The fraction of sp³-hybridized carbons (Fsp3) is 0.538. The van der Waals surface area contributed by atoms with Gasteiger partial charge in [0.1, 0.15) is 0 Å². The average Bonchev–Trinajstić information content (AvgIpc) is 2.77. The van der Waals surface area contributed by atoms with Crippen LogP contribution in [0.25, 0.3) is 0 Å². The van der Waals surface area contributed by atoms with Crippen molar-refractivity contribution in [3.05, 3.63) is 22.3 Å². The summed E-state index contributed by atoms with van der Waals surface area (Å²) in [7, 11) is 2.23. The third kappa shape index (κ3) is 1.55. The van der Waals surface area contributed by atoms with Crippen molar-refractivity contribution in [2.45, 2.75) is 25.2 Å². The van der Waals surface area contributed by atoms with Crippen molar-refractivity contribution >= 4 is 19.9 Å². The number of carbonyl (C=O) groups excluding carboxylic acids is 2. The van der Waals surface area contributed by atoms with Gasteiger partial charge in [0.15, 0.2) is 0 Å². The zero-order valence-electron chi connectivity index (χ0n) is 11.2. The molecule has 4 nitrogen and oxygen atoms in total. The topological polar surface area (TPSA) is 52.6 Å². The van der Waals surface area contributed by atoms with Crippen LogP contribution < -0.4 is 0 Å². The van der Waals surface area contributed by atoms with Crippen LogP contribution in [0.15, 0.2) is 22.3 Å². The zero-order valence-corrected chi connectivity index (χ0v) is 12.1. The van der Waals surface area contributed by atoms with Crippen molar-refractivity contribution in [1.29, 1.82) is 0 Å². The normalized spacial score (nSPS) is 29.9. The number of carbonyl (C=O) groups is 2. The molecule has 5 heteroatoms. The number of hydrogen-bond donors (Lipinski definition) is 0. The standard InChI is InChI=1S/C13H17O4P/c1-6-7(2)11-9(13(15)17-4)8(12(14)16-3)10(6)18(11)5/h10-11H,1-5H3. The van der Waals surface area contributed by atoms with E-state index in [0.29, 0.717) is 11.1 Å². The molecule has 0 fully saturated rings. The molecule has 0 saturated heterocycles. The van der Waals surface area contributed by atoms with Crippen LogP contribution in [0.1, 0.15) is 13.8 Å². The Labute approximate surface area is 108 Å². The third-order valence-corrected chi connectivity index (χ3v) is 6.82. The lowest BCUT2D eigenvalue weighted by atomic mass is 9.87. The minimum absolute atomic E-state index is 0.0616. The van der Waals surface area contributed by atoms with Crippen molar-refractivity contribution in [3.8, 4) is 0 Å². The first-order valence-corrected chi connectivity index (χ1v) is 7.68. The molecule has 18 heavy (non-hydrogen) atoms. The maximum Gasteiger partial charge on any atom is 0.335 e. The first-order chi connectivity index (χ1) is 8.45. The van der Waals surface area contributed by atoms with Crippen molar-refractivity contribution in [3.63, 3.8) is 0 Å². The van der Waals surface area contributed by atoms with Crippen LogP contribution in [-0.2, 0) is 19.1 Å². The average molecular weight is 268 g/mol. The Morgan fingerprint density at radius 1 is 0.944 bits per heavy atom. The van der Waals surface area contributed by atoms with Crippen molar-refractivity contribution < 1.29 is 19.1 Å². The summed E-state index contributed by atoms with van der Waals surface area (Å²) in [4.78, 5) is 23.9. The minimum atomic E-state index is -0.460. The van der Waals surface area contributed by atoms with E-state index in [1.807, 2.05) is 13.8 Å². The van der Waals surface area contributed by atoms with E-state index in [-0.39, 0.29) is 11.3 Å². The van der Waals surface area contributed by atoms with Gasteiger partial charge in [-0.25, -0.2) is 9.59 Å². The summed E-state index contributed by atoms with van der Waals surface area (Å²) in [5.41, 5.74) is 3.58. The Balaban J connectivity index is 2.56. The monoisotopic (exact) mass is 268 g/mol. The number of fused-ring (bicyclic) bond motifs is 2. The molecule has 0 aromatic carbocycles. The second kappa shape index (κ2) is 4.51. The van der Waals surface area contributed by atoms with Crippen LogP contribution in [0.4, 0.5) is 0 Å². The van der Waals surface area contributed by atoms with Crippen molar-refractivity contribution in [2.24, 2.45) is 0 Å². The lowest BCUT2D eigenvalue weighted by Crippen LogP contribution is -2.24. The largest absolute Gasteiger partial charge is 0.466 e. The summed E-state index contributed by atoms with van der Waals surface area (Å²) in [6.45, 7) is 6.20. The highest BCUT2D eigenvalue weighted by molar-refractivity contribution is 7.60. The van der Waals surface area contributed by atoms with E-state index < -0.39 is 19.9 Å². The molecule has 2 aliphatic rings. The minimum Gasteiger partial charge on any atom is -0.466 e. The van der Waals surface area contributed by atoms with Gasteiger partial charge >= 0.3 is 11.9 Å². The molecule has 2 bridgehead atoms. The summed E-state index contributed by atoms with van der Waals surface area (Å²) >= 11 is 0. The quantitative estimate of drug-likeness (QED) is 0.435. The van der Waals surface area contributed by atoms with Gasteiger partial charge in [-0.3, -0.25) is 0 Å². The van der Waals surface area contributed by atoms with Crippen LogP contribution in [0.5, 0.6) is 0 Å². The van der Waals surface area contributed by atoms with Gasteiger partial charge in [-0.2, -0.15) is 0 Å². The number of ether oxygens (including phenoxy) is 2. The Morgan fingerprint density at radius 3 is 1.56 bits per heavy atom. The van der Waals surface area contributed by atoms with Gasteiger partial charge in [0.05, 0.1) is 25.4 Å². The number of esters is 2. The van der Waals surface area contributed by atoms with Crippen molar-refractivity contribution in [1.82, 2.24) is 0 Å². The SMILES string of the molecule is COC(=O)C1=C(C(=O)OC)C2C(C)=C(C)C1P2C. The van der Waals surface area contributed by atoms with Gasteiger partial charge in [0, 0.05) is 11.3 Å². The molecule has 2 unspecified atom stereocenters. The van der Waals surface area contributed by atoms with Gasteiger partial charge in [-0.05, 0) is 20.5 Å². The molecular weight excluding hydrogens is 251 g/mol. The summed E-state index contributed by atoms with van der Waals surface area (Å²) < 4.78 is 9.65. The molecule has 0 N–H and O–H groups in total. The van der Waals surface area contributed by atoms with Crippen LogP contribution in [0.3, 0.4) is 0 Å². The number of allylic oxidation sites excluding steroid dienone is 2. The smallest absolute Gasteiger partial charge is 0.335 e. The highest BCUT2D eigenvalue weighted by Crippen LogP contribution is 2.65. The summed E-state index contributed by atoms with van der Waals surface area (Å²) in [6, 6.07) is 0. The van der Waals surface area contributed by atoms with E-state index in [1.54, 1.807) is 0 Å². The fourth-order valence-corrected chi connectivity index (χ4v) is 6.22. The molecule has 0 aromatic heterocycles. The molecule has 0 amide bonds. The number of rotatable bonds is 2. The molecule has 0 radical (unpaired) electrons. The van der Waals surface area contributed by atoms with E-state index in [0.717, 1.165) is 0 Å². The van der Waals surface area contributed by atoms with Crippen LogP contribution in [0.2, 0.25) is 0 Å². The van der Waals surface area contributed by atoms with E-state index in [4.69, 9.17) is 9.47 Å². The highest BCUT2D eigenvalue weighted by Gasteiger charge is 2.52. The second-order valence-electron chi connectivity index (χ2n) is 4.65. The molecule has 0 saturated carbocycles. The van der Waals surface area contributed by atoms with Crippen LogP contribution >= 0.6 is 7.92 Å². The molecule has 2 atom stereocenters. The highest BCUT2D eigenvalue weighted by atomic mass is 31.1. The summed E-state index contributed by atoms with van der Waals surface area (Å²) in [5, 5.41) is 0. The Morgan fingerprint density at radius 2 is 1.28 bits per heavy atom. The Hall–Kier alpha value is -1.15. The van der Waals surface area contributed by atoms with E-state index >= 15 is 0 Å². The number of hydrogen-bond acceptors (Lipinski definition) is 4. The maximum absolute atomic E-state index is 11.9. The molecule has 2 rings (SSSR count). The van der Waals surface area contributed by atoms with Gasteiger partial charge in [0.25, 0.3) is 0 Å². The fourth-order valence-electron chi connectivity index (χ4n) is 2.99. The summed E-state index contributed by atoms with van der Waals surface area (Å²) in [5.74, 6) is -0.798. The number of methoxy groups -OCH3 is 2.